The Labute approximate surface area is 167 Å². The quantitative estimate of drug-likeness (QED) is 0.264. The molecule has 0 aromatic heterocycles. The molecule has 0 heterocycles. The van der Waals surface area contributed by atoms with E-state index in [9.17, 15) is 0 Å². The average Bonchev–Trinajstić information content (AvgIpc) is 2.61. The molecule has 27 heavy (non-hydrogen) atoms. The highest BCUT2D eigenvalue weighted by Crippen LogP contribution is 2.33. The Balaban J connectivity index is 3.01. The average molecular weight is 373 g/mol. The van der Waals surface area contributed by atoms with Gasteiger partial charge in [0.2, 0.25) is 0 Å². The van der Waals surface area contributed by atoms with Crippen molar-refractivity contribution in [3.63, 3.8) is 0 Å². The van der Waals surface area contributed by atoms with Crippen LogP contribution in [0.25, 0.3) is 0 Å². The summed E-state index contributed by atoms with van der Waals surface area (Å²) in [5.74, 6) is 1.98. The zero-order chi connectivity index (χ0) is 20.1. The van der Waals surface area contributed by atoms with Crippen molar-refractivity contribution in [2.75, 3.05) is 13.2 Å². The normalized spacial score (nSPS) is 11.4. The molecule has 0 amide bonds. The van der Waals surface area contributed by atoms with Crippen LogP contribution in [0.2, 0.25) is 0 Å². The van der Waals surface area contributed by atoms with Crippen LogP contribution in [0.4, 0.5) is 0 Å². The molecule has 1 aromatic rings. The minimum absolute atomic E-state index is 0.681. The Bertz CT molecular complexity index is 580. The fourth-order valence-corrected chi connectivity index (χ4v) is 3.13. The molecule has 0 aliphatic heterocycles. The Kier molecular flexibility index (Phi) is 11.6. The molecule has 0 bridgehead atoms. The lowest BCUT2D eigenvalue weighted by Gasteiger charge is -2.17. The summed E-state index contributed by atoms with van der Waals surface area (Å²) in [6.45, 7) is 14.2. The Morgan fingerprint density at radius 2 is 1.52 bits per heavy atom. The van der Waals surface area contributed by atoms with Gasteiger partial charge in [-0.25, -0.2) is 0 Å². The lowest BCUT2D eigenvalue weighted by atomic mass is 10.00. The van der Waals surface area contributed by atoms with Crippen LogP contribution in [0.3, 0.4) is 0 Å². The third-order valence-electron chi connectivity index (χ3n) is 4.64. The summed E-state index contributed by atoms with van der Waals surface area (Å²) in [4.78, 5) is 0. The van der Waals surface area contributed by atoms with Gasteiger partial charge in [0.1, 0.15) is 11.5 Å². The standard InChI is InChI=1S/C25H40O2/c1-7-10-11-15-22-18-24(26-8-2)23(25(19-22)27-9-3)17-16-21(6)14-12-13-20(4)5/h13,16,18-19H,7-12,14-15,17H2,1-6H3/b21-16+. The molecule has 0 spiro atoms. The lowest BCUT2D eigenvalue weighted by Crippen LogP contribution is -2.03. The van der Waals surface area contributed by atoms with Gasteiger partial charge in [-0.3, -0.25) is 0 Å². The van der Waals surface area contributed by atoms with E-state index in [1.165, 1.54) is 41.5 Å². The lowest BCUT2D eigenvalue weighted by molar-refractivity contribution is 0.317. The van der Waals surface area contributed by atoms with Crippen molar-refractivity contribution < 1.29 is 9.47 Å². The van der Waals surface area contributed by atoms with Crippen molar-refractivity contribution in [3.8, 4) is 11.5 Å². The Morgan fingerprint density at radius 1 is 0.889 bits per heavy atom. The highest BCUT2D eigenvalue weighted by atomic mass is 16.5. The van der Waals surface area contributed by atoms with Crippen LogP contribution in [-0.2, 0) is 12.8 Å². The number of unbranched alkanes of at least 4 members (excludes halogenated alkanes) is 2. The first kappa shape index (κ1) is 23.3. The molecule has 0 atom stereocenters. The van der Waals surface area contributed by atoms with Crippen molar-refractivity contribution in [2.24, 2.45) is 0 Å². The molecule has 0 saturated carbocycles. The maximum Gasteiger partial charge on any atom is 0.126 e. The molecule has 0 N–H and O–H groups in total. The van der Waals surface area contributed by atoms with Gasteiger partial charge >= 0.3 is 0 Å². The molecular weight excluding hydrogens is 332 g/mol. The van der Waals surface area contributed by atoms with Gasteiger partial charge in [-0.1, -0.05) is 43.1 Å². The minimum Gasteiger partial charge on any atom is -0.493 e. The van der Waals surface area contributed by atoms with Gasteiger partial charge in [-0.15, -0.1) is 0 Å². The van der Waals surface area contributed by atoms with Crippen molar-refractivity contribution >= 4 is 0 Å². The van der Waals surface area contributed by atoms with Crippen LogP contribution in [0.5, 0.6) is 11.5 Å². The molecular formula is C25H40O2. The second kappa shape index (κ2) is 13.5. The number of hydrogen-bond donors (Lipinski definition) is 0. The van der Waals surface area contributed by atoms with E-state index in [4.69, 9.17) is 9.47 Å². The fraction of sp³-hybridized carbons (Fsp3) is 0.600. The summed E-state index contributed by atoms with van der Waals surface area (Å²) < 4.78 is 12.0. The van der Waals surface area contributed by atoms with E-state index in [1.54, 1.807) is 0 Å². The van der Waals surface area contributed by atoms with E-state index in [1.807, 2.05) is 13.8 Å². The molecule has 0 fully saturated rings. The molecule has 1 rings (SSSR count). The van der Waals surface area contributed by atoms with Crippen LogP contribution in [-0.4, -0.2) is 13.2 Å². The Morgan fingerprint density at radius 3 is 2.04 bits per heavy atom. The SMILES string of the molecule is CCCCCc1cc(OCC)c(C/C=C(\C)CCC=C(C)C)c(OCC)c1. The summed E-state index contributed by atoms with van der Waals surface area (Å²) in [6.07, 6.45) is 12.5. The van der Waals surface area contributed by atoms with Gasteiger partial charge in [-0.05, 0) is 84.4 Å². The monoisotopic (exact) mass is 372 g/mol. The van der Waals surface area contributed by atoms with E-state index in [-0.39, 0.29) is 0 Å². The van der Waals surface area contributed by atoms with Crippen molar-refractivity contribution in [1.29, 1.82) is 0 Å². The fourth-order valence-electron chi connectivity index (χ4n) is 3.13. The Hall–Kier alpha value is -1.70. The van der Waals surface area contributed by atoms with E-state index in [0.717, 1.165) is 37.2 Å². The van der Waals surface area contributed by atoms with Gasteiger partial charge < -0.3 is 9.47 Å². The molecule has 0 aliphatic carbocycles. The summed E-state index contributed by atoms with van der Waals surface area (Å²) in [7, 11) is 0. The van der Waals surface area contributed by atoms with E-state index < -0.39 is 0 Å². The van der Waals surface area contributed by atoms with Crippen LogP contribution in [0, 0.1) is 0 Å². The first-order valence-electron chi connectivity index (χ1n) is 10.7. The first-order valence-corrected chi connectivity index (χ1v) is 10.7. The molecule has 2 heteroatoms. The van der Waals surface area contributed by atoms with Gasteiger partial charge in [-0.2, -0.15) is 0 Å². The number of rotatable bonds is 13. The van der Waals surface area contributed by atoms with E-state index in [2.05, 4.69) is 52.0 Å². The summed E-state index contributed by atoms with van der Waals surface area (Å²) in [6, 6.07) is 4.45. The maximum atomic E-state index is 6.00. The molecule has 1 aromatic carbocycles. The number of allylic oxidation sites excluding steroid dienone is 4. The van der Waals surface area contributed by atoms with Crippen molar-refractivity contribution in [2.45, 2.75) is 86.5 Å². The summed E-state index contributed by atoms with van der Waals surface area (Å²) in [5, 5.41) is 0. The number of hydrogen-bond acceptors (Lipinski definition) is 2. The van der Waals surface area contributed by atoms with Crippen molar-refractivity contribution in [1.82, 2.24) is 0 Å². The van der Waals surface area contributed by atoms with Gasteiger partial charge in [0, 0.05) is 5.56 Å². The van der Waals surface area contributed by atoms with E-state index >= 15 is 0 Å². The third-order valence-corrected chi connectivity index (χ3v) is 4.64. The number of aryl methyl sites for hydroxylation is 1. The molecule has 0 aliphatic rings. The number of benzene rings is 1. The van der Waals surface area contributed by atoms with Crippen LogP contribution < -0.4 is 9.47 Å². The largest absolute Gasteiger partial charge is 0.493 e. The first-order chi connectivity index (χ1) is 13.0. The molecule has 0 saturated heterocycles. The van der Waals surface area contributed by atoms with Crippen LogP contribution in [0.15, 0.2) is 35.4 Å². The predicted molar refractivity (Wildman–Crippen MR) is 118 cm³/mol. The smallest absolute Gasteiger partial charge is 0.126 e. The van der Waals surface area contributed by atoms with Gasteiger partial charge in [0.15, 0.2) is 0 Å². The van der Waals surface area contributed by atoms with Gasteiger partial charge in [0.05, 0.1) is 13.2 Å². The summed E-state index contributed by atoms with van der Waals surface area (Å²) in [5.41, 5.74) is 5.31. The van der Waals surface area contributed by atoms with Crippen molar-refractivity contribution in [3.05, 3.63) is 46.6 Å². The number of ether oxygens (including phenoxy) is 2. The highest BCUT2D eigenvalue weighted by molar-refractivity contribution is 5.49. The third kappa shape index (κ3) is 9.17. The maximum absolute atomic E-state index is 6.00. The van der Waals surface area contributed by atoms with Crippen LogP contribution >= 0.6 is 0 Å². The molecule has 0 unspecified atom stereocenters. The second-order valence-electron chi connectivity index (χ2n) is 7.47. The molecule has 2 nitrogen and oxygen atoms in total. The topological polar surface area (TPSA) is 18.5 Å². The summed E-state index contributed by atoms with van der Waals surface area (Å²) >= 11 is 0. The minimum atomic E-state index is 0.681. The van der Waals surface area contributed by atoms with Gasteiger partial charge in [0.25, 0.3) is 0 Å². The zero-order valence-electron chi connectivity index (χ0n) is 18.5. The zero-order valence-corrected chi connectivity index (χ0v) is 18.5. The predicted octanol–water partition coefficient (Wildman–Crippen LogP) is 7.45. The second-order valence-corrected chi connectivity index (χ2v) is 7.47. The molecule has 0 radical (unpaired) electrons. The van der Waals surface area contributed by atoms with E-state index in [0.29, 0.717) is 13.2 Å². The molecule has 152 valence electrons. The van der Waals surface area contributed by atoms with Crippen LogP contribution in [0.1, 0.15) is 84.8 Å². The highest BCUT2D eigenvalue weighted by Gasteiger charge is 2.13.